The molecule has 0 spiro atoms. The van der Waals surface area contributed by atoms with Crippen molar-refractivity contribution >= 4 is 0 Å². The smallest absolute Gasteiger partial charge is 0.00889 e. The van der Waals surface area contributed by atoms with Gasteiger partial charge in [-0.3, -0.25) is 0 Å². The Morgan fingerprint density at radius 1 is 1.12 bits per heavy atom. The average Bonchev–Trinajstić information content (AvgIpc) is 2.33. The van der Waals surface area contributed by atoms with E-state index in [0.717, 1.165) is 5.92 Å². The molecule has 2 saturated heterocycles. The van der Waals surface area contributed by atoms with Crippen LogP contribution in [-0.4, -0.2) is 55.6 Å². The van der Waals surface area contributed by atoms with Crippen molar-refractivity contribution in [3.63, 3.8) is 0 Å². The van der Waals surface area contributed by atoms with Crippen LogP contribution in [0, 0.1) is 11.8 Å². The molecule has 0 amide bonds. The van der Waals surface area contributed by atoms with Gasteiger partial charge in [0, 0.05) is 12.6 Å². The third-order valence-electron chi connectivity index (χ3n) is 4.75. The lowest BCUT2D eigenvalue weighted by molar-refractivity contribution is 0.141. The lowest BCUT2D eigenvalue weighted by atomic mass is 9.91. The Bertz CT molecular complexity index is 224. The molecule has 2 fully saturated rings. The fourth-order valence-corrected chi connectivity index (χ4v) is 3.17. The van der Waals surface area contributed by atoms with Crippen molar-refractivity contribution in [2.45, 2.75) is 38.6 Å². The molecule has 17 heavy (non-hydrogen) atoms. The van der Waals surface area contributed by atoms with Crippen molar-refractivity contribution in [1.82, 2.24) is 9.80 Å². The maximum Gasteiger partial charge on any atom is 0.00889 e. The molecule has 2 aliphatic rings. The Labute approximate surface area is 106 Å². The third kappa shape index (κ3) is 3.94. The van der Waals surface area contributed by atoms with Crippen LogP contribution in [0.4, 0.5) is 0 Å². The van der Waals surface area contributed by atoms with Crippen LogP contribution in [0.1, 0.15) is 32.6 Å². The van der Waals surface area contributed by atoms with Gasteiger partial charge in [0.1, 0.15) is 0 Å². The van der Waals surface area contributed by atoms with Gasteiger partial charge in [0.2, 0.25) is 0 Å². The second-order valence-electron chi connectivity index (χ2n) is 6.27. The van der Waals surface area contributed by atoms with E-state index in [1.165, 1.54) is 58.4 Å². The first-order valence-electron chi connectivity index (χ1n) is 7.31. The van der Waals surface area contributed by atoms with Crippen molar-refractivity contribution in [1.29, 1.82) is 0 Å². The fourth-order valence-electron chi connectivity index (χ4n) is 3.17. The maximum absolute atomic E-state index is 6.06. The fraction of sp³-hybridized carbons (Fsp3) is 1.00. The zero-order valence-corrected chi connectivity index (χ0v) is 11.6. The highest BCUT2D eigenvalue weighted by Crippen LogP contribution is 2.21. The summed E-state index contributed by atoms with van der Waals surface area (Å²) in [5.41, 5.74) is 6.06. The molecule has 0 radical (unpaired) electrons. The summed E-state index contributed by atoms with van der Waals surface area (Å²) < 4.78 is 0. The first-order chi connectivity index (χ1) is 8.15. The minimum absolute atomic E-state index is 0.439. The zero-order chi connectivity index (χ0) is 12.3. The van der Waals surface area contributed by atoms with Crippen LogP contribution in [0.25, 0.3) is 0 Å². The van der Waals surface area contributed by atoms with Gasteiger partial charge in [-0.25, -0.2) is 0 Å². The van der Waals surface area contributed by atoms with Crippen LogP contribution in [-0.2, 0) is 0 Å². The number of piperidine rings is 2. The van der Waals surface area contributed by atoms with Crippen LogP contribution in [0.5, 0.6) is 0 Å². The van der Waals surface area contributed by atoms with Crippen molar-refractivity contribution in [3.05, 3.63) is 0 Å². The van der Waals surface area contributed by atoms with E-state index < -0.39 is 0 Å². The van der Waals surface area contributed by atoms with E-state index in [2.05, 4.69) is 23.8 Å². The minimum atomic E-state index is 0.439. The van der Waals surface area contributed by atoms with Gasteiger partial charge in [-0.2, -0.15) is 0 Å². The number of rotatable bonds is 3. The van der Waals surface area contributed by atoms with E-state index in [1.54, 1.807) is 0 Å². The Morgan fingerprint density at radius 3 is 2.47 bits per heavy atom. The highest BCUT2D eigenvalue weighted by atomic mass is 15.1. The number of nitrogens with two attached hydrogens (primary N) is 1. The normalized spacial score (nSPS) is 34.1. The van der Waals surface area contributed by atoms with Gasteiger partial charge in [-0.1, -0.05) is 6.92 Å². The number of hydrogen-bond acceptors (Lipinski definition) is 3. The number of likely N-dealkylation sites (tertiary alicyclic amines) is 2. The first-order valence-corrected chi connectivity index (χ1v) is 7.31. The van der Waals surface area contributed by atoms with E-state index in [1.807, 2.05) is 0 Å². The van der Waals surface area contributed by atoms with Gasteiger partial charge in [0.25, 0.3) is 0 Å². The second kappa shape index (κ2) is 6.17. The van der Waals surface area contributed by atoms with Crippen LogP contribution in [0.2, 0.25) is 0 Å². The zero-order valence-electron chi connectivity index (χ0n) is 11.6. The van der Waals surface area contributed by atoms with Gasteiger partial charge in [-0.05, 0) is 70.7 Å². The highest BCUT2D eigenvalue weighted by Gasteiger charge is 2.24. The molecule has 0 aliphatic carbocycles. The van der Waals surface area contributed by atoms with Crippen molar-refractivity contribution in [2.75, 3.05) is 39.8 Å². The minimum Gasteiger partial charge on any atom is -0.327 e. The molecule has 2 N–H and O–H groups in total. The van der Waals surface area contributed by atoms with Crippen LogP contribution in [0.15, 0.2) is 0 Å². The summed E-state index contributed by atoms with van der Waals surface area (Å²) in [4.78, 5) is 5.09. The molecule has 2 aliphatic heterocycles. The summed E-state index contributed by atoms with van der Waals surface area (Å²) in [5, 5.41) is 0. The summed E-state index contributed by atoms with van der Waals surface area (Å²) in [5.74, 6) is 1.65. The molecule has 2 heterocycles. The van der Waals surface area contributed by atoms with E-state index in [9.17, 15) is 0 Å². The molecule has 0 aromatic heterocycles. The van der Waals surface area contributed by atoms with Gasteiger partial charge in [0.05, 0.1) is 0 Å². The molecule has 3 heteroatoms. The van der Waals surface area contributed by atoms with Crippen LogP contribution >= 0.6 is 0 Å². The quantitative estimate of drug-likeness (QED) is 0.808. The standard InChI is InChI=1S/C14H29N3/c1-12-11-17(10-6-14(12)15)9-5-13-3-7-16(2)8-4-13/h12-14H,3-11,15H2,1-2H3. The molecule has 2 rings (SSSR count). The first kappa shape index (κ1) is 13.3. The topological polar surface area (TPSA) is 32.5 Å². The summed E-state index contributed by atoms with van der Waals surface area (Å²) in [6.45, 7) is 8.63. The maximum atomic E-state index is 6.06. The molecule has 0 aromatic carbocycles. The Hall–Kier alpha value is -0.120. The summed E-state index contributed by atoms with van der Waals surface area (Å²) in [7, 11) is 2.24. The molecule has 0 saturated carbocycles. The Balaban J connectivity index is 1.65. The number of nitrogens with zero attached hydrogens (tertiary/aromatic N) is 2. The summed E-state index contributed by atoms with van der Waals surface area (Å²) in [6.07, 6.45) is 5.39. The molecule has 3 nitrogen and oxygen atoms in total. The van der Waals surface area contributed by atoms with Gasteiger partial charge >= 0.3 is 0 Å². The van der Waals surface area contributed by atoms with E-state index >= 15 is 0 Å². The van der Waals surface area contributed by atoms with Crippen molar-refractivity contribution in [3.8, 4) is 0 Å². The molecule has 2 atom stereocenters. The van der Waals surface area contributed by atoms with Gasteiger partial charge in [-0.15, -0.1) is 0 Å². The Morgan fingerprint density at radius 2 is 1.82 bits per heavy atom. The lowest BCUT2D eigenvalue weighted by Crippen LogP contribution is -2.46. The monoisotopic (exact) mass is 239 g/mol. The van der Waals surface area contributed by atoms with E-state index in [4.69, 9.17) is 5.73 Å². The van der Waals surface area contributed by atoms with E-state index in [-0.39, 0.29) is 0 Å². The molecule has 0 aromatic rings. The molecule has 100 valence electrons. The predicted octanol–water partition coefficient (Wildman–Crippen LogP) is 1.39. The molecule has 0 bridgehead atoms. The van der Waals surface area contributed by atoms with Gasteiger partial charge < -0.3 is 15.5 Å². The summed E-state index contributed by atoms with van der Waals surface area (Å²) >= 11 is 0. The highest BCUT2D eigenvalue weighted by molar-refractivity contribution is 4.81. The SMILES string of the molecule is CC1CN(CCC2CCN(C)CC2)CCC1N. The number of hydrogen-bond donors (Lipinski definition) is 1. The summed E-state index contributed by atoms with van der Waals surface area (Å²) in [6, 6.07) is 0.439. The van der Waals surface area contributed by atoms with Crippen LogP contribution in [0.3, 0.4) is 0 Å². The third-order valence-corrected chi connectivity index (χ3v) is 4.75. The second-order valence-corrected chi connectivity index (χ2v) is 6.27. The molecular weight excluding hydrogens is 210 g/mol. The van der Waals surface area contributed by atoms with Gasteiger partial charge in [0.15, 0.2) is 0 Å². The molecule has 2 unspecified atom stereocenters. The largest absolute Gasteiger partial charge is 0.327 e. The lowest BCUT2D eigenvalue weighted by Gasteiger charge is -2.36. The van der Waals surface area contributed by atoms with Crippen LogP contribution < -0.4 is 5.73 Å². The molecular formula is C14H29N3. The average molecular weight is 239 g/mol. The van der Waals surface area contributed by atoms with Crippen molar-refractivity contribution < 1.29 is 0 Å². The predicted molar refractivity (Wildman–Crippen MR) is 73.0 cm³/mol. The Kier molecular flexibility index (Phi) is 4.83. The van der Waals surface area contributed by atoms with Crippen molar-refractivity contribution in [2.24, 2.45) is 17.6 Å². The van der Waals surface area contributed by atoms with E-state index in [0.29, 0.717) is 12.0 Å².